The summed E-state index contributed by atoms with van der Waals surface area (Å²) in [6.45, 7) is 2.01. The minimum absolute atomic E-state index is 0.214. The van der Waals surface area contributed by atoms with E-state index in [1.165, 1.54) is 4.57 Å². The quantitative estimate of drug-likeness (QED) is 0.605. The molecule has 1 amide bonds. The van der Waals surface area contributed by atoms with E-state index in [0.29, 0.717) is 36.7 Å². The zero-order valence-electron chi connectivity index (χ0n) is 16.4. The number of imidazole rings is 1. The van der Waals surface area contributed by atoms with E-state index in [4.69, 9.17) is 11.6 Å². The summed E-state index contributed by atoms with van der Waals surface area (Å²) in [6, 6.07) is 14.1. The van der Waals surface area contributed by atoms with Crippen LogP contribution in [0.4, 0.5) is 5.69 Å². The molecule has 1 fully saturated rings. The van der Waals surface area contributed by atoms with Crippen molar-refractivity contribution in [1.82, 2.24) is 13.4 Å². The molecule has 2 heterocycles. The van der Waals surface area contributed by atoms with Crippen molar-refractivity contribution >= 4 is 44.3 Å². The fourth-order valence-electron chi connectivity index (χ4n) is 3.79. The van der Waals surface area contributed by atoms with E-state index in [-0.39, 0.29) is 18.0 Å². The van der Waals surface area contributed by atoms with Gasteiger partial charge in [-0.2, -0.15) is 3.97 Å². The molecule has 1 aliphatic heterocycles. The lowest BCUT2D eigenvalue weighted by Gasteiger charge is -2.36. The van der Waals surface area contributed by atoms with Crippen molar-refractivity contribution in [2.75, 3.05) is 37.3 Å². The highest BCUT2D eigenvalue weighted by atomic mass is 35.5. The molecule has 0 unspecified atom stereocenters. The number of amides is 1. The number of halogens is 1. The van der Waals surface area contributed by atoms with Crippen LogP contribution in [0.25, 0.3) is 11.0 Å². The number of fused-ring (bicyclic) bond motifs is 1. The molecule has 1 saturated heterocycles. The lowest BCUT2D eigenvalue weighted by Crippen LogP contribution is -2.50. The molecule has 1 aromatic heterocycles. The van der Waals surface area contributed by atoms with Crippen LogP contribution in [0, 0.1) is 0 Å². The van der Waals surface area contributed by atoms with Crippen LogP contribution in [-0.4, -0.2) is 60.2 Å². The van der Waals surface area contributed by atoms with E-state index in [1.807, 2.05) is 24.3 Å². The molecular weight excluding hydrogens is 428 g/mol. The van der Waals surface area contributed by atoms with Gasteiger partial charge in [-0.25, -0.2) is 13.2 Å². The predicted molar refractivity (Wildman–Crippen MR) is 117 cm³/mol. The normalized spacial score (nSPS) is 15.0. The maximum atomic E-state index is 12.9. The van der Waals surface area contributed by atoms with Gasteiger partial charge in [0.15, 0.2) is 0 Å². The van der Waals surface area contributed by atoms with Gasteiger partial charge in [0.1, 0.15) is 6.54 Å². The van der Waals surface area contributed by atoms with Crippen molar-refractivity contribution in [3.8, 4) is 0 Å². The number of piperazine rings is 1. The molecule has 158 valence electrons. The number of benzene rings is 2. The SMILES string of the molecule is CS(=O)(=O)n1c(=O)n(CC(=O)N2CCN(c3ccccc3Cl)CC2)c2ccccc21. The number of anilines is 1. The van der Waals surface area contributed by atoms with E-state index in [0.717, 1.165) is 15.9 Å². The molecule has 0 spiro atoms. The van der Waals surface area contributed by atoms with Gasteiger partial charge in [-0.3, -0.25) is 9.36 Å². The van der Waals surface area contributed by atoms with E-state index in [1.54, 1.807) is 29.2 Å². The number of hydrogen-bond acceptors (Lipinski definition) is 5. The summed E-state index contributed by atoms with van der Waals surface area (Å²) in [5.41, 5.74) is 0.873. The number of hydrogen-bond donors (Lipinski definition) is 0. The fraction of sp³-hybridized carbons (Fsp3) is 0.300. The number of carbonyl (C=O) groups is 1. The Hall–Kier alpha value is -2.78. The van der Waals surface area contributed by atoms with Gasteiger partial charge in [0.25, 0.3) is 0 Å². The molecule has 30 heavy (non-hydrogen) atoms. The third-order valence-electron chi connectivity index (χ3n) is 5.25. The topological polar surface area (TPSA) is 84.6 Å². The molecule has 0 N–H and O–H groups in total. The van der Waals surface area contributed by atoms with Gasteiger partial charge in [0.2, 0.25) is 15.9 Å². The lowest BCUT2D eigenvalue weighted by atomic mass is 10.2. The van der Waals surface area contributed by atoms with Crippen LogP contribution >= 0.6 is 11.6 Å². The Labute approximate surface area is 178 Å². The maximum absolute atomic E-state index is 12.9. The van der Waals surface area contributed by atoms with Gasteiger partial charge in [0, 0.05) is 26.2 Å². The van der Waals surface area contributed by atoms with Gasteiger partial charge in [-0.15, -0.1) is 0 Å². The number of rotatable bonds is 4. The highest BCUT2D eigenvalue weighted by molar-refractivity contribution is 7.89. The molecule has 2 aromatic carbocycles. The van der Waals surface area contributed by atoms with Crippen molar-refractivity contribution in [2.45, 2.75) is 6.54 Å². The van der Waals surface area contributed by atoms with Gasteiger partial charge >= 0.3 is 5.69 Å². The Kier molecular flexibility index (Phi) is 5.33. The first-order valence-electron chi connectivity index (χ1n) is 9.45. The molecule has 0 bridgehead atoms. The van der Waals surface area contributed by atoms with Crippen LogP contribution in [-0.2, 0) is 21.4 Å². The Bertz CT molecular complexity index is 1270. The third-order valence-corrected chi connectivity index (χ3v) is 6.58. The summed E-state index contributed by atoms with van der Waals surface area (Å²) in [4.78, 5) is 29.5. The molecule has 0 atom stereocenters. The summed E-state index contributed by atoms with van der Waals surface area (Å²) >= 11 is 6.26. The average Bonchev–Trinajstić information content (AvgIpc) is 3.00. The van der Waals surface area contributed by atoms with Crippen molar-refractivity contribution < 1.29 is 13.2 Å². The standard InChI is InChI=1S/C20H21ClN4O4S/c1-30(28,29)25-18-9-5-4-8-17(18)24(20(25)27)14-19(26)23-12-10-22(11-13-23)16-7-3-2-6-15(16)21/h2-9H,10-14H2,1H3. The minimum Gasteiger partial charge on any atom is -0.367 e. The van der Waals surface area contributed by atoms with Crippen molar-refractivity contribution in [3.63, 3.8) is 0 Å². The minimum atomic E-state index is -3.80. The maximum Gasteiger partial charge on any atom is 0.343 e. The van der Waals surface area contributed by atoms with Crippen LogP contribution in [0.1, 0.15) is 0 Å². The molecule has 3 aromatic rings. The molecule has 0 saturated carbocycles. The van der Waals surface area contributed by atoms with Crippen LogP contribution < -0.4 is 10.6 Å². The van der Waals surface area contributed by atoms with Crippen molar-refractivity contribution in [1.29, 1.82) is 0 Å². The zero-order valence-corrected chi connectivity index (χ0v) is 17.9. The molecule has 0 radical (unpaired) electrons. The fourth-order valence-corrected chi connectivity index (χ4v) is 4.94. The van der Waals surface area contributed by atoms with Gasteiger partial charge in [-0.05, 0) is 24.3 Å². The summed E-state index contributed by atoms with van der Waals surface area (Å²) in [6.07, 6.45) is 0.973. The Morgan fingerprint density at radius 3 is 2.20 bits per heavy atom. The summed E-state index contributed by atoms with van der Waals surface area (Å²) in [5, 5.41) is 0.664. The highest BCUT2D eigenvalue weighted by Crippen LogP contribution is 2.26. The molecule has 10 heteroatoms. The van der Waals surface area contributed by atoms with E-state index < -0.39 is 15.7 Å². The van der Waals surface area contributed by atoms with E-state index in [2.05, 4.69) is 4.90 Å². The Morgan fingerprint density at radius 1 is 0.967 bits per heavy atom. The predicted octanol–water partition coefficient (Wildman–Crippen LogP) is 1.61. The number of para-hydroxylation sites is 3. The van der Waals surface area contributed by atoms with E-state index in [9.17, 15) is 18.0 Å². The zero-order chi connectivity index (χ0) is 21.5. The molecule has 4 rings (SSSR count). The Morgan fingerprint density at radius 2 is 1.57 bits per heavy atom. The molecular formula is C20H21ClN4O4S. The summed E-state index contributed by atoms with van der Waals surface area (Å²) in [5.74, 6) is -0.229. The van der Waals surface area contributed by atoms with Crippen molar-refractivity contribution in [2.24, 2.45) is 0 Å². The van der Waals surface area contributed by atoms with E-state index >= 15 is 0 Å². The monoisotopic (exact) mass is 448 g/mol. The second kappa shape index (κ2) is 7.81. The van der Waals surface area contributed by atoms with Crippen LogP contribution in [0.2, 0.25) is 5.02 Å². The average molecular weight is 449 g/mol. The third kappa shape index (κ3) is 3.70. The molecule has 1 aliphatic rings. The first kappa shape index (κ1) is 20.5. The smallest absolute Gasteiger partial charge is 0.343 e. The second-order valence-electron chi connectivity index (χ2n) is 7.20. The van der Waals surface area contributed by atoms with Crippen LogP contribution in [0.3, 0.4) is 0 Å². The summed E-state index contributed by atoms with van der Waals surface area (Å²) in [7, 11) is -3.80. The molecule has 0 aliphatic carbocycles. The first-order chi connectivity index (χ1) is 14.3. The van der Waals surface area contributed by atoms with Crippen molar-refractivity contribution in [3.05, 3.63) is 64.0 Å². The summed E-state index contributed by atoms with van der Waals surface area (Å²) < 4.78 is 26.2. The van der Waals surface area contributed by atoms with Gasteiger partial charge in [-0.1, -0.05) is 35.9 Å². The Balaban J connectivity index is 1.55. The highest BCUT2D eigenvalue weighted by Gasteiger charge is 2.25. The number of aromatic nitrogens is 2. The second-order valence-corrected chi connectivity index (χ2v) is 9.44. The van der Waals surface area contributed by atoms with Crippen LogP contribution in [0.5, 0.6) is 0 Å². The van der Waals surface area contributed by atoms with Gasteiger partial charge < -0.3 is 9.80 Å². The molecule has 8 nitrogen and oxygen atoms in total. The largest absolute Gasteiger partial charge is 0.367 e. The lowest BCUT2D eigenvalue weighted by molar-refractivity contribution is -0.132. The van der Waals surface area contributed by atoms with Crippen LogP contribution in [0.15, 0.2) is 53.3 Å². The van der Waals surface area contributed by atoms with Gasteiger partial charge in [0.05, 0.1) is 28.0 Å². The number of carbonyl (C=O) groups excluding carboxylic acids is 1. The first-order valence-corrected chi connectivity index (χ1v) is 11.7. The number of nitrogens with zero attached hydrogens (tertiary/aromatic N) is 4.